The van der Waals surface area contributed by atoms with Crippen LogP contribution in [0.4, 0.5) is 4.39 Å². The average molecular weight is 239 g/mol. The Hall–Kier alpha value is -1.58. The van der Waals surface area contributed by atoms with Crippen LogP contribution in [0.3, 0.4) is 0 Å². The zero-order chi connectivity index (χ0) is 12.8. The van der Waals surface area contributed by atoms with Crippen molar-refractivity contribution in [2.75, 3.05) is 6.54 Å². The minimum absolute atomic E-state index is 0.115. The number of hydrogen-bond acceptors (Lipinski definition) is 2. The highest BCUT2D eigenvalue weighted by molar-refractivity contribution is 5.80. The van der Waals surface area contributed by atoms with Crippen LogP contribution in [-0.2, 0) is 4.79 Å². The number of rotatable bonds is 5. The molecule has 0 spiro atoms. The lowest BCUT2D eigenvalue weighted by atomic mass is 10.2. The Bertz CT molecular complexity index is 393. The lowest BCUT2D eigenvalue weighted by Gasteiger charge is -2.15. The first-order valence-electron chi connectivity index (χ1n) is 5.75. The molecule has 0 radical (unpaired) electrons. The first-order chi connectivity index (χ1) is 8.06. The van der Waals surface area contributed by atoms with Gasteiger partial charge in [-0.1, -0.05) is 19.1 Å². The van der Waals surface area contributed by atoms with E-state index >= 15 is 0 Å². The van der Waals surface area contributed by atoms with Crippen LogP contribution >= 0.6 is 0 Å². The quantitative estimate of drug-likeness (QED) is 0.857. The van der Waals surface area contributed by atoms with E-state index in [1.807, 2.05) is 6.92 Å². The number of ether oxygens (including phenoxy) is 1. The Balaban J connectivity index is 2.64. The molecule has 0 aliphatic rings. The molecule has 0 fully saturated rings. The third-order valence-electron chi connectivity index (χ3n) is 2.38. The predicted molar refractivity (Wildman–Crippen MR) is 64.5 cm³/mol. The van der Waals surface area contributed by atoms with Gasteiger partial charge in [-0.05, 0) is 31.9 Å². The third-order valence-corrected chi connectivity index (χ3v) is 2.38. The molecule has 0 bridgehead atoms. The summed E-state index contributed by atoms with van der Waals surface area (Å²) < 4.78 is 18.9. The van der Waals surface area contributed by atoms with E-state index in [0.29, 0.717) is 12.1 Å². The van der Waals surface area contributed by atoms with Gasteiger partial charge in [-0.2, -0.15) is 0 Å². The van der Waals surface area contributed by atoms with Crippen molar-refractivity contribution in [1.82, 2.24) is 5.32 Å². The van der Waals surface area contributed by atoms with E-state index in [1.165, 1.54) is 6.07 Å². The second-order valence-corrected chi connectivity index (χ2v) is 3.94. The first kappa shape index (κ1) is 13.5. The number of carbonyl (C=O) groups excluding carboxylic acids is 1. The van der Waals surface area contributed by atoms with E-state index in [2.05, 4.69) is 5.32 Å². The molecule has 3 nitrogen and oxygen atoms in total. The summed E-state index contributed by atoms with van der Waals surface area (Å²) in [6.07, 6.45) is 0.162. The molecular formula is C13H18FNO2. The predicted octanol–water partition coefficient (Wildman–Crippen LogP) is 2.43. The van der Waals surface area contributed by atoms with Gasteiger partial charge in [0.25, 0.3) is 5.91 Å². The van der Waals surface area contributed by atoms with Crippen LogP contribution < -0.4 is 10.1 Å². The van der Waals surface area contributed by atoms with Gasteiger partial charge < -0.3 is 10.1 Å². The summed E-state index contributed by atoms with van der Waals surface area (Å²) in [6.45, 7) is 5.83. The fourth-order valence-electron chi connectivity index (χ4n) is 1.35. The summed E-state index contributed by atoms with van der Waals surface area (Å²) in [7, 11) is 0. The molecule has 0 aliphatic heterocycles. The molecule has 1 atom stereocenters. The van der Waals surface area contributed by atoms with Crippen molar-refractivity contribution < 1.29 is 13.9 Å². The van der Waals surface area contributed by atoms with Crippen molar-refractivity contribution in [2.24, 2.45) is 0 Å². The molecule has 1 N–H and O–H groups in total. The molecule has 17 heavy (non-hydrogen) atoms. The summed E-state index contributed by atoms with van der Waals surface area (Å²) >= 11 is 0. The van der Waals surface area contributed by atoms with Crippen molar-refractivity contribution >= 4 is 5.91 Å². The molecule has 0 heterocycles. The van der Waals surface area contributed by atoms with Gasteiger partial charge >= 0.3 is 0 Å². The fraction of sp³-hybridized carbons (Fsp3) is 0.462. The smallest absolute Gasteiger partial charge is 0.260 e. The van der Waals surface area contributed by atoms with Crippen LogP contribution in [0, 0.1) is 12.7 Å². The maximum absolute atomic E-state index is 13.6. The maximum atomic E-state index is 13.6. The molecule has 1 unspecified atom stereocenters. The van der Waals surface area contributed by atoms with E-state index in [1.54, 1.807) is 26.0 Å². The second-order valence-electron chi connectivity index (χ2n) is 3.94. The average Bonchev–Trinajstić information content (AvgIpc) is 2.31. The Morgan fingerprint density at radius 1 is 1.53 bits per heavy atom. The highest BCUT2D eigenvalue weighted by Crippen LogP contribution is 2.20. The van der Waals surface area contributed by atoms with E-state index in [0.717, 1.165) is 6.42 Å². The highest BCUT2D eigenvalue weighted by Gasteiger charge is 2.16. The van der Waals surface area contributed by atoms with Gasteiger partial charge in [-0.3, -0.25) is 4.79 Å². The number of nitrogens with one attached hydrogen (secondary N) is 1. The Morgan fingerprint density at radius 2 is 2.24 bits per heavy atom. The Kier molecular flexibility index (Phi) is 4.94. The normalized spacial score (nSPS) is 12.0. The van der Waals surface area contributed by atoms with Crippen molar-refractivity contribution in [3.63, 3.8) is 0 Å². The first-order valence-corrected chi connectivity index (χ1v) is 5.75. The lowest BCUT2D eigenvalue weighted by Crippen LogP contribution is -2.36. The molecule has 0 aliphatic carbocycles. The molecule has 4 heteroatoms. The van der Waals surface area contributed by atoms with Crippen molar-refractivity contribution in [3.8, 4) is 5.75 Å². The monoisotopic (exact) mass is 239 g/mol. The minimum atomic E-state index is -0.696. The number of carbonyl (C=O) groups is 1. The number of aryl methyl sites for hydroxylation is 1. The number of amides is 1. The standard InChI is InChI=1S/C13H18FNO2/c1-4-8-15-13(16)10(3)17-11-7-5-6-9(2)12(11)14/h5-7,10H,4,8H2,1-3H3,(H,15,16). The zero-order valence-electron chi connectivity index (χ0n) is 10.4. The molecule has 0 aromatic heterocycles. The Morgan fingerprint density at radius 3 is 2.88 bits per heavy atom. The van der Waals surface area contributed by atoms with Gasteiger partial charge in [-0.25, -0.2) is 4.39 Å². The van der Waals surface area contributed by atoms with Crippen LogP contribution in [-0.4, -0.2) is 18.6 Å². The van der Waals surface area contributed by atoms with E-state index < -0.39 is 11.9 Å². The van der Waals surface area contributed by atoms with Gasteiger partial charge in [0.1, 0.15) is 0 Å². The second kappa shape index (κ2) is 6.23. The summed E-state index contributed by atoms with van der Waals surface area (Å²) in [5.41, 5.74) is 0.503. The topological polar surface area (TPSA) is 38.3 Å². The molecule has 0 saturated heterocycles. The van der Waals surface area contributed by atoms with Crippen molar-refractivity contribution in [1.29, 1.82) is 0 Å². The fourth-order valence-corrected chi connectivity index (χ4v) is 1.35. The van der Waals surface area contributed by atoms with Crippen LogP contribution in [0.15, 0.2) is 18.2 Å². The minimum Gasteiger partial charge on any atom is -0.478 e. The summed E-state index contributed by atoms with van der Waals surface area (Å²) in [5.74, 6) is -0.528. The summed E-state index contributed by atoms with van der Waals surface area (Å²) in [5, 5.41) is 2.70. The van der Waals surface area contributed by atoms with Crippen molar-refractivity contribution in [3.05, 3.63) is 29.6 Å². The van der Waals surface area contributed by atoms with Gasteiger partial charge in [0.15, 0.2) is 17.7 Å². The molecule has 1 aromatic rings. The molecular weight excluding hydrogens is 221 g/mol. The molecule has 94 valence electrons. The SMILES string of the molecule is CCCNC(=O)C(C)Oc1cccc(C)c1F. The molecule has 1 amide bonds. The van der Waals surface area contributed by atoms with Gasteiger partial charge in [-0.15, -0.1) is 0 Å². The van der Waals surface area contributed by atoms with Crippen LogP contribution in [0.5, 0.6) is 5.75 Å². The number of halogens is 1. The number of hydrogen-bond donors (Lipinski definition) is 1. The summed E-state index contributed by atoms with van der Waals surface area (Å²) in [6, 6.07) is 4.88. The molecule has 1 rings (SSSR count). The largest absolute Gasteiger partial charge is 0.478 e. The summed E-state index contributed by atoms with van der Waals surface area (Å²) in [4.78, 5) is 11.5. The highest BCUT2D eigenvalue weighted by atomic mass is 19.1. The van der Waals surface area contributed by atoms with Crippen molar-refractivity contribution in [2.45, 2.75) is 33.3 Å². The number of benzene rings is 1. The van der Waals surface area contributed by atoms with Crippen LogP contribution in [0.1, 0.15) is 25.8 Å². The van der Waals surface area contributed by atoms with E-state index in [-0.39, 0.29) is 11.7 Å². The zero-order valence-corrected chi connectivity index (χ0v) is 10.4. The van der Waals surface area contributed by atoms with Crippen LogP contribution in [0.25, 0.3) is 0 Å². The third kappa shape index (κ3) is 3.73. The van der Waals surface area contributed by atoms with Gasteiger partial charge in [0, 0.05) is 6.54 Å². The maximum Gasteiger partial charge on any atom is 0.260 e. The van der Waals surface area contributed by atoms with Crippen LogP contribution in [0.2, 0.25) is 0 Å². The van der Waals surface area contributed by atoms with E-state index in [4.69, 9.17) is 4.74 Å². The molecule has 0 saturated carbocycles. The Labute approximate surface area is 101 Å². The molecule has 1 aromatic carbocycles. The van der Waals surface area contributed by atoms with Gasteiger partial charge in [0.2, 0.25) is 0 Å². The van der Waals surface area contributed by atoms with E-state index in [9.17, 15) is 9.18 Å². The lowest BCUT2D eigenvalue weighted by molar-refractivity contribution is -0.127. The van der Waals surface area contributed by atoms with Gasteiger partial charge in [0.05, 0.1) is 0 Å².